The number of nitro benzene ring substituents is 1. The highest BCUT2D eigenvalue weighted by Gasteiger charge is 2.11. The Morgan fingerprint density at radius 3 is 2.50 bits per heavy atom. The molecule has 0 bridgehead atoms. The van der Waals surface area contributed by atoms with Crippen LogP contribution >= 0.6 is 11.6 Å². The Morgan fingerprint density at radius 2 is 1.90 bits per heavy atom. The third-order valence-electron chi connectivity index (χ3n) is 2.71. The van der Waals surface area contributed by atoms with E-state index in [2.05, 4.69) is 0 Å². The molecule has 0 aromatic heterocycles. The van der Waals surface area contributed by atoms with Crippen LogP contribution in [0.25, 0.3) is 0 Å². The second kappa shape index (κ2) is 6.34. The lowest BCUT2D eigenvalue weighted by Gasteiger charge is -2.10. The molecular weight excluding hydrogens is 285 g/mol. The monoisotopic (exact) mass is 295 g/mol. The van der Waals surface area contributed by atoms with E-state index in [-0.39, 0.29) is 24.0 Å². The predicted octanol–water partition coefficient (Wildman–Crippen LogP) is 4.05. The van der Waals surface area contributed by atoms with Gasteiger partial charge in [0.25, 0.3) is 5.69 Å². The van der Waals surface area contributed by atoms with Crippen LogP contribution in [0.5, 0.6) is 5.75 Å². The summed E-state index contributed by atoms with van der Waals surface area (Å²) < 4.78 is 18.3. The minimum atomic E-state index is -0.486. The van der Waals surface area contributed by atoms with Crippen molar-refractivity contribution < 1.29 is 14.1 Å². The summed E-state index contributed by atoms with van der Waals surface area (Å²) in [4.78, 5) is 10.2. The quantitative estimate of drug-likeness (QED) is 0.475. The number of nitrogens with zero attached hydrogens (tertiary/aromatic N) is 1. The van der Waals surface area contributed by atoms with Gasteiger partial charge in [-0.25, -0.2) is 4.39 Å². The highest BCUT2D eigenvalue weighted by atomic mass is 35.5. The molecule has 0 aliphatic carbocycles. The van der Waals surface area contributed by atoms with Crippen LogP contribution in [0.4, 0.5) is 10.1 Å². The summed E-state index contributed by atoms with van der Waals surface area (Å²) >= 11 is 5.76. The molecule has 2 rings (SSSR count). The largest absolute Gasteiger partial charge is 0.489 e. The van der Waals surface area contributed by atoms with Gasteiger partial charge >= 0.3 is 0 Å². The van der Waals surface area contributed by atoms with Crippen LogP contribution < -0.4 is 4.74 Å². The number of rotatable bonds is 5. The molecule has 0 heterocycles. The molecule has 0 N–H and O–H groups in total. The third-order valence-corrected chi connectivity index (χ3v) is 2.99. The molecule has 0 saturated heterocycles. The first-order chi connectivity index (χ1) is 9.60. The van der Waals surface area contributed by atoms with Gasteiger partial charge in [-0.2, -0.15) is 0 Å². The first-order valence-corrected chi connectivity index (χ1v) is 6.34. The van der Waals surface area contributed by atoms with Crippen molar-refractivity contribution in [1.82, 2.24) is 0 Å². The van der Waals surface area contributed by atoms with Crippen molar-refractivity contribution in [2.24, 2.45) is 0 Å². The van der Waals surface area contributed by atoms with Gasteiger partial charge in [-0.1, -0.05) is 12.1 Å². The number of hydrogen-bond donors (Lipinski definition) is 0. The van der Waals surface area contributed by atoms with E-state index in [0.717, 1.165) is 5.56 Å². The summed E-state index contributed by atoms with van der Waals surface area (Å²) in [7, 11) is 0. The number of benzene rings is 2. The highest BCUT2D eigenvalue weighted by Crippen LogP contribution is 2.26. The number of nitro groups is 1. The van der Waals surface area contributed by atoms with Crippen LogP contribution in [0.2, 0.25) is 0 Å². The summed E-state index contributed by atoms with van der Waals surface area (Å²) in [6.45, 7) is 0.238. The molecule has 0 unspecified atom stereocenters. The van der Waals surface area contributed by atoms with Gasteiger partial charge < -0.3 is 4.74 Å². The lowest BCUT2D eigenvalue weighted by atomic mass is 10.2. The maximum Gasteiger partial charge on any atom is 0.270 e. The van der Waals surface area contributed by atoms with Crippen LogP contribution in [-0.4, -0.2) is 4.92 Å². The summed E-state index contributed by atoms with van der Waals surface area (Å²) in [5, 5.41) is 10.7. The zero-order valence-electron chi connectivity index (χ0n) is 10.4. The molecule has 104 valence electrons. The van der Waals surface area contributed by atoms with E-state index in [1.165, 1.54) is 30.3 Å². The van der Waals surface area contributed by atoms with Gasteiger partial charge in [0, 0.05) is 17.7 Å². The molecule has 0 radical (unpaired) electrons. The summed E-state index contributed by atoms with van der Waals surface area (Å²) in [5.41, 5.74) is 1.31. The van der Waals surface area contributed by atoms with E-state index in [9.17, 15) is 14.5 Å². The van der Waals surface area contributed by atoms with Crippen LogP contribution in [0, 0.1) is 15.9 Å². The fourth-order valence-electron chi connectivity index (χ4n) is 1.67. The maximum absolute atomic E-state index is 12.8. The molecular formula is C14H11ClFNO3. The molecule has 0 aliphatic heterocycles. The van der Waals surface area contributed by atoms with Crippen molar-refractivity contribution in [2.45, 2.75) is 12.5 Å². The van der Waals surface area contributed by atoms with Gasteiger partial charge in [-0.3, -0.25) is 10.1 Å². The van der Waals surface area contributed by atoms with Crippen molar-refractivity contribution >= 4 is 17.3 Å². The number of halogens is 2. The average molecular weight is 296 g/mol. The molecule has 6 heteroatoms. The van der Waals surface area contributed by atoms with E-state index in [0.29, 0.717) is 11.3 Å². The predicted molar refractivity (Wildman–Crippen MR) is 73.4 cm³/mol. The van der Waals surface area contributed by atoms with Crippen LogP contribution in [0.1, 0.15) is 11.1 Å². The normalized spacial score (nSPS) is 10.3. The SMILES string of the molecule is O=[N+]([O-])c1ccc(OCc2ccc(F)cc2)c(CCl)c1. The summed E-state index contributed by atoms with van der Waals surface area (Å²) in [6, 6.07) is 10.2. The smallest absolute Gasteiger partial charge is 0.270 e. The summed E-state index contributed by atoms with van der Waals surface area (Å²) in [6.07, 6.45) is 0. The Bertz CT molecular complexity index is 616. The molecule has 0 aliphatic rings. The van der Waals surface area contributed by atoms with Crippen molar-refractivity contribution in [3.05, 3.63) is 69.5 Å². The first kappa shape index (κ1) is 14.3. The zero-order chi connectivity index (χ0) is 14.5. The van der Waals surface area contributed by atoms with E-state index in [1.807, 2.05) is 0 Å². The third kappa shape index (κ3) is 3.45. The topological polar surface area (TPSA) is 52.4 Å². The van der Waals surface area contributed by atoms with Gasteiger partial charge in [0.05, 0.1) is 10.8 Å². The Labute approximate surface area is 119 Å². The molecule has 2 aromatic rings. The molecule has 0 amide bonds. The maximum atomic E-state index is 12.8. The fourth-order valence-corrected chi connectivity index (χ4v) is 1.88. The standard InChI is InChI=1S/C14H11ClFNO3/c15-8-11-7-13(17(18)19)5-6-14(11)20-9-10-1-3-12(16)4-2-10/h1-7H,8-9H2. The molecule has 4 nitrogen and oxygen atoms in total. The van der Waals surface area contributed by atoms with Gasteiger partial charge in [0.15, 0.2) is 0 Å². The van der Waals surface area contributed by atoms with E-state index in [4.69, 9.17) is 16.3 Å². The fraction of sp³-hybridized carbons (Fsp3) is 0.143. The first-order valence-electron chi connectivity index (χ1n) is 5.80. The van der Waals surface area contributed by atoms with Crippen molar-refractivity contribution in [1.29, 1.82) is 0 Å². The van der Waals surface area contributed by atoms with Crippen LogP contribution in [0.3, 0.4) is 0 Å². The highest BCUT2D eigenvalue weighted by molar-refractivity contribution is 6.17. The van der Waals surface area contributed by atoms with E-state index in [1.54, 1.807) is 12.1 Å². The molecule has 0 spiro atoms. The van der Waals surface area contributed by atoms with Gasteiger partial charge in [-0.15, -0.1) is 11.6 Å². The van der Waals surface area contributed by atoms with E-state index >= 15 is 0 Å². The van der Waals surface area contributed by atoms with Gasteiger partial charge in [0.1, 0.15) is 18.2 Å². The molecule has 0 saturated carbocycles. The molecule has 0 fully saturated rings. The number of ether oxygens (including phenoxy) is 1. The lowest BCUT2D eigenvalue weighted by molar-refractivity contribution is -0.384. The second-order valence-corrected chi connectivity index (χ2v) is 4.37. The Hall–Kier alpha value is -2.14. The van der Waals surface area contributed by atoms with Crippen LogP contribution in [0.15, 0.2) is 42.5 Å². The zero-order valence-corrected chi connectivity index (χ0v) is 11.1. The molecule has 0 atom stereocenters. The lowest BCUT2D eigenvalue weighted by Crippen LogP contribution is -1.99. The number of hydrogen-bond acceptors (Lipinski definition) is 3. The van der Waals surface area contributed by atoms with E-state index < -0.39 is 4.92 Å². The minimum Gasteiger partial charge on any atom is -0.489 e. The number of non-ortho nitro benzene ring substituents is 1. The Kier molecular flexibility index (Phi) is 4.53. The molecule has 20 heavy (non-hydrogen) atoms. The Morgan fingerprint density at radius 1 is 1.20 bits per heavy atom. The van der Waals surface area contributed by atoms with Gasteiger partial charge in [0.2, 0.25) is 0 Å². The Balaban J connectivity index is 2.12. The van der Waals surface area contributed by atoms with Crippen molar-refractivity contribution in [3.8, 4) is 5.75 Å². The average Bonchev–Trinajstić information content (AvgIpc) is 2.46. The minimum absolute atomic E-state index is 0.0326. The van der Waals surface area contributed by atoms with Gasteiger partial charge in [-0.05, 0) is 23.8 Å². The second-order valence-electron chi connectivity index (χ2n) is 4.10. The summed E-state index contributed by atoms with van der Waals surface area (Å²) in [5.74, 6) is 0.279. The van der Waals surface area contributed by atoms with Crippen LogP contribution in [-0.2, 0) is 12.5 Å². The van der Waals surface area contributed by atoms with Crippen molar-refractivity contribution in [2.75, 3.05) is 0 Å². The molecule has 2 aromatic carbocycles. The number of alkyl halides is 1. The van der Waals surface area contributed by atoms with Crippen molar-refractivity contribution in [3.63, 3.8) is 0 Å².